The molecule has 2 aromatic heterocycles. The number of nitrogens with one attached hydrogen (secondary N) is 2. The van der Waals surface area contributed by atoms with Crippen LogP contribution < -0.4 is 15.0 Å². The molecule has 1 aliphatic rings. The Kier molecular flexibility index (Phi) is 7.53. The molecule has 9 nitrogen and oxygen atoms in total. The Hall–Kier alpha value is -3.93. The van der Waals surface area contributed by atoms with Crippen molar-refractivity contribution in [1.29, 1.82) is 5.41 Å². The third-order valence-electron chi connectivity index (χ3n) is 5.55. The average Bonchev–Trinajstić information content (AvgIpc) is 3.33. The fourth-order valence-corrected chi connectivity index (χ4v) is 3.60. The van der Waals surface area contributed by atoms with E-state index in [2.05, 4.69) is 41.9 Å². The Balaban J connectivity index is 1.34. The van der Waals surface area contributed by atoms with E-state index in [1.54, 1.807) is 13.1 Å². The Morgan fingerprint density at radius 2 is 1.86 bits per heavy atom. The lowest BCUT2D eigenvalue weighted by molar-refractivity contribution is -0.274. The number of nitrogens with zero attached hydrogens (tertiary/aromatic N) is 5. The smallest absolute Gasteiger partial charge is 0.434 e. The Morgan fingerprint density at radius 3 is 2.56 bits per heavy atom. The first-order valence-corrected chi connectivity index (χ1v) is 11.2. The van der Waals surface area contributed by atoms with E-state index < -0.39 is 6.36 Å². The van der Waals surface area contributed by atoms with Crippen LogP contribution in [0.5, 0.6) is 5.75 Å². The quantitative estimate of drug-likeness (QED) is 0.390. The molecule has 12 heteroatoms. The molecule has 4 rings (SSSR count). The molecule has 190 valence electrons. The van der Waals surface area contributed by atoms with Crippen LogP contribution in [0, 0.1) is 5.41 Å². The van der Waals surface area contributed by atoms with Gasteiger partial charge in [-0.05, 0) is 55.9 Å². The number of hydrogen-bond acceptors (Lipinski definition) is 7. The molecule has 0 bridgehead atoms. The minimum absolute atomic E-state index is 0.0111. The highest BCUT2D eigenvalue weighted by Gasteiger charge is 2.31. The molecule has 0 atom stereocenters. The molecule has 1 saturated heterocycles. The van der Waals surface area contributed by atoms with Crippen molar-refractivity contribution in [2.24, 2.45) is 4.99 Å². The van der Waals surface area contributed by atoms with E-state index >= 15 is 0 Å². The molecule has 0 spiro atoms. The van der Waals surface area contributed by atoms with Gasteiger partial charge in [0.25, 0.3) is 5.89 Å². The summed E-state index contributed by atoms with van der Waals surface area (Å²) in [6, 6.07) is 9.15. The second-order valence-electron chi connectivity index (χ2n) is 8.31. The van der Waals surface area contributed by atoms with Crippen molar-refractivity contribution < 1.29 is 22.3 Å². The molecule has 0 aliphatic carbocycles. The van der Waals surface area contributed by atoms with E-state index in [-0.39, 0.29) is 17.5 Å². The molecular formula is C24H26F3N7O2. The van der Waals surface area contributed by atoms with E-state index in [0.717, 1.165) is 37.6 Å². The number of rotatable bonds is 6. The number of piperazine rings is 1. The van der Waals surface area contributed by atoms with Gasteiger partial charge in [-0.3, -0.25) is 5.41 Å². The molecule has 1 aliphatic heterocycles. The number of amidine groups is 2. The number of oxazole rings is 1. The van der Waals surface area contributed by atoms with Crippen LogP contribution >= 0.6 is 0 Å². The average molecular weight is 502 g/mol. The fraction of sp³-hybridized carbons (Fsp3) is 0.333. The van der Waals surface area contributed by atoms with E-state index in [9.17, 15) is 13.2 Å². The zero-order chi connectivity index (χ0) is 25.7. The number of halogens is 3. The summed E-state index contributed by atoms with van der Waals surface area (Å²) in [6.45, 7) is 6.11. The highest BCUT2D eigenvalue weighted by Crippen LogP contribution is 2.27. The minimum atomic E-state index is -4.76. The van der Waals surface area contributed by atoms with E-state index in [1.807, 2.05) is 12.1 Å². The van der Waals surface area contributed by atoms with Crippen molar-refractivity contribution in [3.05, 3.63) is 60.2 Å². The number of benzene rings is 1. The monoisotopic (exact) mass is 501 g/mol. The van der Waals surface area contributed by atoms with Gasteiger partial charge in [0.1, 0.15) is 17.4 Å². The highest BCUT2D eigenvalue weighted by molar-refractivity contribution is 6.01. The van der Waals surface area contributed by atoms with E-state index in [1.165, 1.54) is 30.5 Å². The van der Waals surface area contributed by atoms with Crippen molar-refractivity contribution in [2.45, 2.75) is 19.8 Å². The van der Waals surface area contributed by atoms with Crippen LogP contribution in [0.4, 0.5) is 19.0 Å². The number of ether oxygens (including phenoxy) is 1. The summed E-state index contributed by atoms with van der Waals surface area (Å²) in [7, 11) is 2.11. The number of hydrogen-bond donors (Lipinski definition) is 2. The van der Waals surface area contributed by atoms with Crippen LogP contribution in [0.15, 0.2) is 58.2 Å². The molecule has 0 unspecified atom stereocenters. The lowest BCUT2D eigenvalue weighted by atomic mass is 10.2. The number of alkyl halides is 3. The maximum Gasteiger partial charge on any atom is 0.573 e. The molecule has 0 amide bonds. The molecule has 1 fully saturated rings. The van der Waals surface area contributed by atoms with Crippen LogP contribution in [0.2, 0.25) is 0 Å². The number of likely N-dealkylation sites (N-methyl/N-ethyl adjacent to an activating group) is 1. The van der Waals surface area contributed by atoms with Gasteiger partial charge in [-0.2, -0.15) is 0 Å². The van der Waals surface area contributed by atoms with Crippen LogP contribution in [-0.2, 0) is 6.54 Å². The molecular weight excluding hydrogens is 475 g/mol. The largest absolute Gasteiger partial charge is 0.573 e. The molecule has 0 radical (unpaired) electrons. The van der Waals surface area contributed by atoms with Crippen molar-refractivity contribution in [3.63, 3.8) is 0 Å². The van der Waals surface area contributed by atoms with Crippen molar-refractivity contribution in [3.8, 4) is 17.1 Å². The SMILES string of the molecule is C/C(=N/C(=N)c1ncc(-c2ccc(OC(F)(F)F)cc2)o1)NCc1ccnc(N2CCN(C)CC2)c1. The van der Waals surface area contributed by atoms with Crippen LogP contribution in [-0.4, -0.2) is 66.1 Å². The van der Waals surface area contributed by atoms with E-state index in [0.29, 0.717) is 23.7 Å². The van der Waals surface area contributed by atoms with Gasteiger partial charge in [0.05, 0.1) is 6.20 Å². The van der Waals surface area contributed by atoms with Gasteiger partial charge in [-0.25, -0.2) is 15.0 Å². The molecule has 0 saturated carbocycles. The van der Waals surface area contributed by atoms with Gasteiger partial charge in [0, 0.05) is 44.5 Å². The molecule has 36 heavy (non-hydrogen) atoms. The lowest BCUT2D eigenvalue weighted by Crippen LogP contribution is -2.44. The van der Waals surface area contributed by atoms with Crippen molar-refractivity contribution in [1.82, 2.24) is 20.2 Å². The molecule has 2 N–H and O–H groups in total. The van der Waals surface area contributed by atoms with Gasteiger partial charge >= 0.3 is 6.36 Å². The maximum atomic E-state index is 12.3. The number of aromatic nitrogens is 2. The molecule has 3 aromatic rings. The summed E-state index contributed by atoms with van der Waals surface area (Å²) in [5.41, 5.74) is 1.53. The van der Waals surface area contributed by atoms with E-state index in [4.69, 9.17) is 9.83 Å². The van der Waals surface area contributed by atoms with Gasteiger partial charge in [-0.1, -0.05) is 0 Å². The first kappa shape index (κ1) is 25.2. The summed E-state index contributed by atoms with van der Waals surface area (Å²) in [5.74, 6) is 1.21. The minimum Gasteiger partial charge on any atom is -0.434 e. The van der Waals surface area contributed by atoms with Crippen LogP contribution in [0.3, 0.4) is 0 Å². The van der Waals surface area contributed by atoms with Gasteiger partial charge in [0.15, 0.2) is 5.76 Å². The standard InChI is InChI=1S/C24H26F3N7O2/c1-16(30-14-17-7-8-29-21(13-17)34-11-9-33(2)10-12-34)32-22(28)23-31-15-20(35-23)18-3-5-19(6-4-18)36-24(25,26)27/h3-8,13,15H,9-12,14H2,1-2H3,(H2,28,30,32). The zero-order valence-electron chi connectivity index (χ0n) is 19.8. The summed E-state index contributed by atoms with van der Waals surface area (Å²) < 4.78 is 46.4. The Bertz CT molecular complexity index is 1220. The third kappa shape index (κ3) is 6.81. The number of aliphatic imine (C=N–C) groups is 1. The van der Waals surface area contributed by atoms with Gasteiger partial charge < -0.3 is 24.3 Å². The molecule has 3 heterocycles. The predicted octanol–water partition coefficient (Wildman–Crippen LogP) is 3.92. The van der Waals surface area contributed by atoms with Gasteiger partial charge in [-0.15, -0.1) is 13.2 Å². The zero-order valence-corrected chi connectivity index (χ0v) is 19.8. The normalized spacial score (nSPS) is 15.1. The molecule has 1 aromatic carbocycles. The number of pyridine rings is 1. The van der Waals surface area contributed by atoms with Crippen LogP contribution in [0.1, 0.15) is 18.4 Å². The second kappa shape index (κ2) is 10.8. The Morgan fingerprint density at radius 1 is 1.14 bits per heavy atom. The first-order chi connectivity index (χ1) is 17.2. The third-order valence-corrected chi connectivity index (χ3v) is 5.55. The predicted molar refractivity (Wildman–Crippen MR) is 129 cm³/mol. The number of anilines is 1. The van der Waals surface area contributed by atoms with Crippen molar-refractivity contribution in [2.75, 3.05) is 38.1 Å². The highest BCUT2D eigenvalue weighted by atomic mass is 19.4. The summed E-state index contributed by atoms with van der Waals surface area (Å²) in [5, 5.41) is 11.4. The topological polar surface area (TPSA) is 103 Å². The Labute approximate surface area is 206 Å². The fourth-order valence-electron chi connectivity index (χ4n) is 3.60. The summed E-state index contributed by atoms with van der Waals surface area (Å²) in [4.78, 5) is 17.3. The first-order valence-electron chi connectivity index (χ1n) is 11.2. The second-order valence-corrected chi connectivity index (χ2v) is 8.31. The lowest BCUT2D eigenvalue weighted by Gasteiger charge is -2.33. The summed E-state index contributed by atoms with van der Waals surface area (Å²) >= 11 is 0. The van der Waals surface area contributed by atoms with Crippen molar-refractivity contribution >= 4 is 17.5 Å². The summed E-state index contributed by atoms with van der Waals surface area (Å²) in [6.07, 6.45) is -1.59. The van der Waals surface area contributed by atoms with Gasteiger partial charge in [0.2, 0.25) is 5.84 Å². The van der Waals surface area contributed by atoms with Crippen LogP contribution in [0.25, 0.3) is 11.3 Å². The maximum absolute atomic E-state index is 12.3.